The molecule has 2 heteroatoms. The maximum absolute atomic E-state index is 11.1. The first kappa shape index (κ1) is 18.2. The SMILES string of the molecule is CCOC(=O)C/C=C/CCCC(C)CCC(C)CC. The van der Waals surface area contributed by atoms with Crippen LogP contribution in [0, 0.1) is 11.8 Å². The van der Waals surface area contributed by atoms with Crippen LogP contribution in [0.4, 0.5) is 0 Å². The summed E-state index contributed by atoms with van der Waals surface area (Å²) in [6, 6.07) is 0. The lowest BCUT2D eigenvalue weighted by molar-refractivity contribution is -0.142. The molecule has 0 aliphatic heterocycles. The van der Waals surface area contributed by atoms with Crippen molar-refractivity contribution in [3.05, 3.63) is 12.2 Å². The smallest absolute Gasteiger partial charge is 0.309 e. The van der Waals surface area contributed by atoms with Crippen molar-refractivity contribution >= 4 is 5.97 Å². The number of ether oxygens (including phenoxy) is 1. The summed E-state index contributed by atoms with van der Waals surface area (Å²) in [4.78, 5) is 11.1. The van der Waals surface area contributed by atoms with Gasteiger partial charge in [0.15, 0.2) is 0 Å². The molecule has 0 amide bonds. The number of unbranched alkanes of at least 4 members (excludes halogenated alkanes) is 1. The molecule has 112 valence electrons. The highest BCUT2D eigenvalue weighted by Crippen LogP contribution is 2.19. The molecule has 0 fully saturated rings. The fourth-order valence-electron chi connectivity index (χ4n) is 2.02. The van der Waals surface area contributed by atoms with Gasteiger partial charge in [0.25, 0.3) is 0 Å². The molecule has 0 saturated carbocycles. The Hall–Kier alpha value is -0.790. The van der Waals surface area contributed by atoms with Gasteiger partial charge in [0.2, 0.25) is 0 Å². The largest absolute Gasteiger partial charge is 0.466 e. The fraction of sp³-hybridized carbons (Fsp3) is 0.824. The molecule has 0 heterocycles. The van der Waals surface area contributed by atoms with E-state index >= 15 is 0 Å². The van der Waals surface area contributed by atoms with Gasteiger partial charge in [-0.15, -0.1) is 0 Å². The number of esters is 1. The van der Waals surface area contributed by atoms with Gasteiger partial charge in [-0.25, -0.2) is 0 Å². The number of hydrogen-bond acceptors (Lipinski definition) is 2. The summed E-state index contributed by atoms with van der Waals surface area (Å²) >= 11 is 0. The molecule has 0 aliphatic rings. The van der Waals surface area contributed by atoms with Gasteiger partial charge in [0, 0.05) is 0 Å². The molecule has 2 unspecified atom stereocenters. The van der Waals surface area contributed by atoms with Crippen LogP contribution in [-0.4, -0.2) is 12.6 Å². The molecular formula is C17H32O2. The summed E-state index contributed by atoms with van der Waals surface area (Å²) in [6.45, 7) is 9.27. The summed E-state index contributed by atoms with van der Waals surface area (Å²) < 4.78 is 4.86. The van der Waals surface area contributed by atoms with Gasteiger partial charge in [-0.1, -0.05) is 58.6 Å². The van der Waals surface area contributed by atoms with E-state index in [9.17, 15) is 4.79 Å². The van der Waals surface area contributed by atoms with Crippen LogP contribution in [0.1, 0.15) is 72.6 Å². The maximum atomic E-state index is 11.1. The predicted molar refractivity (Wildman–Crippen MR) is 82.1 cm³/mol. The Kier molecular flexibility index (Phi) is 11.7. The van der Waals surface area contributed by atoms with E-state index in [1.165, 1.54) is 32.1 Å². The third-order valence-electron chi connectivity index (χ3n) is 3.67. The Morgan fingerprint density at radius 2 is 1.74 bits per heavy atom. The zero-order chi connectivity index (χ0) is 14.5. The zero-order valence-corrected chi connectivity index (χ0v) is 13.3. The van der Waals surface area contributed by atoms with E-state index in [2.05, 4.69) is 26.8 Å². The first-order valence-electron chi connectivity index (χ1n) is 7.90. The predicted octanol–water partition coefficient (Wildman–Crippen LogP) is 5.13. The van der Waals surface area contributed by atoms with Gasteiger partial charge in [-0.3, -0.25) is 4.79 Å². The van der Waals surface area contributed by atoms with Crippen LogP contribution in [0.15, 0.2) is 12.2 Å². The zero-order valence-electron chi connectivity index (χ0n) is 13.3. The third kappa shape index (κ3) is 12.0. The summed E-state index contributed by atoms with van der Waals surface area (Å²) in [5, 5.41) is 0. The van der Waals surface area contributed by atoms with Crippen LogP contribution in [-0.2, 0) is 9.53 Å². The molecule has 0 aliphatic carbocycles. The van der Waals surface area contributed by atoms with Crippen LogP contribution in [0.5, 0.6) is 0 Å². The molecular weight excluding hydrogens is 236 g/mol. The Morgan fingerprint density at radius 1 is 1.05 bits per heavy atom. The highest BCUT2D eigenvalue weighted by molar-refractivity contribution is 5.71. The lowest BCUT2D eigenvalue weighted by Gasteiger charge is -2.13. The normalized spacial score (nSPS) is 14.5. The van der Waals surface area contributed by atoms with Crippen LogP contribution in [0.2, 0.25) is 0 Å². The lowest BCUT2D eigenvalue weighted by atomic mass is 9.93. The topological polar surface area (TPSA) is 26.3 Å². The second-order valence-electron chi connectivity index (χ2n) is 5.61. The number of carbonyl (C=O) groups is 1. The van der Waals surface area contributed by atoms with E-state index in [1.807, 2.05) is 13.0 Å². The van der Waals surface area contributed by atoms with Crippen molar-refractivity contribution in [1.29, 1.82) is 0 Å². The summed E-state index contributed by atoms with van der Waals surface area (Å²) in [7, 11) is 0. The van der Waals surface area contributed by atoms with Gasteiger partial charge >= 0.3 is 5.97 Å². The lowest BCUT2D eigenvalue weighted by Crippen LogP contribution is -2.01. The molecule has 0 rings (SSSR count). The number of hydrogen-bond donors (Lipinski definition) is 0. The van der Waals surface area contributed by atoms with E-state index in [0.29, 0.717) is 13.0 Å². The summed E-state index contributed by atoms with van der Waals surface area (Å²) in [6.07, 6.45) is 12.0. The second-order valence-corrected chi connectivity index (χ2v) is 5.61. The molecule has 0 spiro atoms. The Morgan fingerprint density at radius 3 is 2.37 bits per heavy atom. The highest BCUT2D eigenvalue weighted by Gasteiger charge is 2.04. The van der Waals surface area contributed by atoms with Crippen molar-refractivity contribution in [2.24, 2.45) is 11.8 Å². The van der Waals surface area contributed by atoms with E-state index in [4.69, 9.17) is 4.74 Å². The van der Waals surface area contributed by atoms with Crippen molar-refractivity contribution in [2.45, 2.75) is 72.6 Å². The van der Waals surface area contributed by atoms with E-state index in [1.54, 1.807) is 0 Å². The van der Waals surface area contributed by atoms with Gasteiger partial charge in [-0.2, -0.15) is 0 Å². The van der Waals surface area contributed by atoms with Crippen molar-refractivity contribution in [3.8, 4) is 0 Å². The molecule has 2 nitrogen and oxygen atoms in total. The average Bonchev–Trinajstić information content (AvgIpc) is 2.40. The monoisotopic (exact) mass is 268 g/mol. The number of allylic oxidation sites excluding steroid dienone is 1. The maximum Gasteiger partial charge on any atom is 0.309 e. The van der Waals surface area contributed by atoms with Gasteiger partial charge in [-0.05, 0) is 31.6 Å². The van der Waals surface area contributed by atoms with Crippen LogP contribution in [0.25, 0.3) is 0 Å². The minimum atomic E-state index is -0.124. The molecule has 0 aromatic heterocycles. The molecule has 0 N–H and O–H groups in total. The molecule has 2 atom stereocenters. The first-order chi connectivity index (χ1) is 9.10. The van der Waals surface area contributed by atoms with E-state index < -0.39 is 0 Å². The fourth-order valence-corrected chi connectivity index (χ4v) is 2.02. The van der Waals surface area contributed by atoms with Crippen molar-refractivity contribution in [1.82, 2.24) is 0 Å². The summed E-state index contributed by atoms with van der Waals surface area (Å²) in [5.41, 5.74) is 0. The van der Waals surface area contributed by atoms with Gasteiger partial charge in [0.05, 0.1) is 13.0 Å². The quantitative estimate of drug-likeness (QED) is 0.295. The standard InChI is InChI=1S/C17H32O2/c1-5-15(3)13-14-16(4)11-9-7-8-10-12-17(18)19-6-2/h8,10,15-16H,5-7,9,11-14H2,1-4H3/b10-8+. The molecule has 19 heavy (non-hydrogen) atoms. The van der Waals surface area contributed by atoms with Crippen molar-refractivity contribution in [3.63, 3.8) is 0 Å². The molecule has 0 radical (unpaired) electrons. The van der Waals surface area contributed by atoms with Crippen LogP contribution >= 0.6 is 0 Å². The van der Waals surface area contributed by atoms with E-state index in [-0.39, 0.29) is 5.97 Å². The number of carbonyl (C=O) groups excluding carboxylic acids is 1. The van der Waals surface area contributed by atoms with Crippen molar-refractivity contribution < 1.29 is 9.53 Å². The van der Waals surface area contributed by atoms with Gasteiger partial charge < -0.3 is 4.74 Å². The first-order valence-corrected chi connectivity index (χ1v) is 7.90. The molecule has 0 aromatic rings. The Labute approximate surface area is 119 Å². The summed E-state index contributed by atoms with van der Waals surface area (Å²) in [5.74, 6) is 1.57. The molecule has 0 bridgehead atoms. The molecule has 0 aromatic carbocycles. The third-order valence-corrected chi connectivity index (χ3v) is 3.67. The van der Waals surface area contributed by atoms with Crippen LogP contribution < -0.4 is 0 Å². The minimum absolute atomic E-state index is 0.124. The Balaban J connectivity index is 3.47. The van der Waals surface area contributed by atoms with Crippen LogP contribution in [0.3, 0.4) is 0 Å². The van der Waals surface area contributed by atoms with Crippen molar-refractivity contribution in [2.75, 3.05) is 6.61 Å². The Bertz CT molecular complexity index is 246. The van der Waals surface area contributed by atoms with Gasteiger partial charge in [0.1, 0.15) is 0 Å². The second kappa shape index (κ2) is 12.3. The average molecular weight is 268 g/mol. The minimum Gasteiger partial charge on any atom is -0.466 e. The highest BCUT2D eigenvalue weighted by atomic mass is 16.5. The number of rotatable bonds is 11. The molecule has 0 saturated heterocycles. The van der Waals surface area contributed by atoms with E-state index in [0.717, 1.165) is 18.3 Å².